The Morgan fingerprint density at radius 1 is 1.10 bits per heavy atom. The Hall–Kier alpha value is -1.45. The third kappa shape index (κ3) is 3.80. The fourth-order valence-corrected chi connectivity index (χ4v) is 2.38. The highest BCUT2D eigenvalue weighted by Gasteiger charge is 2.18. The summed E-state index contributed by atoms with van der Waals surface area (Å²) in [4.78, 5) is 0. The van der Waals surface area contributed by atoms with Crippen LogP contribution in [-0.4, -0.2) is 6.54 Å². The average Bonchev–Trinajstić information content (AvgIpc) is 2.44. The van der Waals surface area contributed by atoms with Gasteiger partial charge < -0.3 is 5.32 Å². The summed E-state index contributed by atoms with van der Waals surface area (Å²) in [5, 5.41) is 3.61. The second-order valence-electron chi connectivity index (χ2n) is 5.06. The highest BCUT2D eigenvalue weighted by molar-refractivity contribution is 6.30. The van der Waals surface area contributed by atoms with Crippen molar-refractivity contribution in [1.29, 1.82) is 0 Å². The van der Waals surface area contributed by atoms with Crippen molar-refractivity contribution in [2.45, 2.75) is 26.3 Å². The Kier molecular flexibility index (Phi) is 5.32. The number of benzene rings is 2. The zero-order valence-electron chi connectivity index (χ0n) is 12.1. The van der Waals surface area contributed by atoms with Gasteiger partial charge in [0.05, 0.1) is 6.04 Å². The molecule has 0 saturated carbocycles. The van der Waals surface area contributed by atoms with Crippen LogP contribution < -0.4 is 5.32 Å². The predicted molar refractivity (Wildman–Crippen MR) is 82.7 cm³/mol. The standard InChI is InChI=1S/C17H18ClF2N/c1-3-8-21-17(12-5-4-11(2)15(19)9-12)14-7-6-13(18)10-16(14)20/h4-7,9-10,17,21H,3,8H2,1-2H3. The van der Waals surface area contributed by atoms with Crippen LogP contribution in [0.15, 0.2) is 36.4 Å². The predicted octanol–water partition coefficient (Wildman–Crippen LogP) is 5.02. The number of nitrogens with one attached hydrogen (secondary N) is 1. The van der Waals surface area contributed by atoms with Gasteiger partial charge in [-0.1, -0.05) is 36.7 Å². The maximum absolute atomic E-state index is 14.2. The summed E-state index contributed by atoms with van der Waals surface area (Å²) in [6, 6.07) is 9.16. The summed E-state index contributed by atoms with van der Waals surface area (Å²) in [6.45, 7) is 4.44. The van der Waals surface area contributed by atoms with Crippen LogP contribution in [0.25, 0.3) is 0 Å². The minimum atomic E-state index is -0.392. The van der Waals surface area contributed by atoms with Gasteiger partial charge in [0.1, 0.15) is 11.6 Å². The van der Waals surface area contributed by atoms with E-state index < -0.39 is 11.9 Å². The van der Waals surface area contributed by atoms with Crippen LogP contribution in [0.5, 0.6) is 0 Å². The van der Waals surface area contributed by atoms with Gasteiger partial charge in [-0.3, -0.25) is 0 Å². The van der Waals surface area contributed by atoms with Gasteiger partial charge in [0.2, 0.25) is 0 Å². The lowest BCUT2D eigenvalue weighted by Crippen LogP contribution is -2.24. The monoisotopic (exact) mass is 309 g/mol. The van der Waals surface area contributed by atoms with E-state index >= 15 is 0 Å². The molecule has 0 bridgehead atoms. The van der Waals surface area contributed by atoms with E-state index in [-0.39, 0.29) is 5.82 Å². The summed E-state index contributed by atoms with van der Waals surface area (Å²) in [5.74, 6) is -0.678. The lowest BCUT2D eigenvalue weighted by molar-refractivity contribution is 0.542. The van der Waals surface area contributed by atoms with Crippen LogP contribution in [0.1, 0.15) is 36.1 Å². The molecule has 0 heterocycles. The van der Waals surface area contributed by atoms with Gasteiger partial charge in [0, 0.05) is 10.6 Å². The number of hydrogen-bond donors (Lipinski definition) is 1. The molecule has 1 N–H and O–H groups in total. The topological polar surface area (TPSA) is 12.0 Å². The van der Waals surface area contributed by atoms with Crippen molar-refractivity contribution < 1.29 is 8.78 Å². The molecule has 2 aromatic rings. The molecule has 4 heteroatoms. The Balaban J connectivity index is 2.44. The molecule has 0 aliphatic rings. The number of halogens is 3. The van der Waals surface area contributed by atoms with Crippen molar-refractivity contribution in [2.24, 2.45) is 0 Å². The Bertz CT molecular complexity index is 628. The summed E-state index contributed by atoms with van der Waals surface area (Å²) < 4.78 is 28.0. The number of hydrogen-bond acceptors (Lipinski definition) is 1. The van der Waals surface area contributed by atoms with Crippen LogP contribution in [-0.2, 0) is 0 Å². The van der Waals surface area contributed by atoms with Gasteiger partial charge >= 0.3 is 0 Å². The molecule has 21 heavy (non-hydrogen) atoms. The van der Waals surface area contributed by atoms with E-state index in [1.165, 1.54) is 12.1 Å². The van der Waals surface area contributed by atoms with E-state index in [1.807, 2.05) is 13.0 Å². The van der Waals surface area contributed by atoms with E-state index in [2.05, 4.69) is 5.32 Å². The van der Waals surface area contributed by atoms with Crippen molar-refractivity contribution in [2.75, 3.05) is 6.54 Å². The van der Waals surface area contributed by atoms with Gasteiger partial charge in [-0.15, -0.1) is 0 Å². The molecule has 1 unspecified atom stereocenters. The normalized spacial score (nSPS) is 12.4. The van der Waals surface area contributed by atoms with E-state index in [0.717, 1.165) is 6.42 Å². The molecular formula is C17H18ClF2N. The van der Waals surface area contributed by atoms with Crippen molar-refractivity contribution in [3.05, 3.63) is 69.7 Å². The third-order valence-corrected chi connectivity index (χ3v) is 3.64. The van der Waals surface area contributed by atoms with Gasteiger partial charge in [0.25, 0.3) is 0 Å². The average molecular weight is 310 g/mol. The fraction of sp³-hybridized carbons (Fsp3) is 0.294. The summed E-state index contributed by atoms with van der Waals surface area (Å²) in [5.41, 5.74) is 1.74. The molecule has 0 aliphatic carbocycles. The first-order valence-electron chi connectivity index (χ1n) is 6.97. The molecule has 112 valence electrons. The van der Waals surface area contributed by atoms with E-state index in [1.54, 1.807) is 25.1 Å². The van der Waals surface area contributed by atoms with Crippen LogP contribution in [0.3, 0.4) is 0 Å². The highest BCUT2D eigenvalue weighted by Crippen LogP contribution is 2.27. The maximum Gasteiger partial charge on any atom is 0.129 e. The Morgan fingerprint density at radius 2 is 1.86 bits per heavy atom. The zero-order valence-corrected chi connectivity index (χ0v) is 12.8. The quantitative estimate of drug-likeness (QED) is 0.818. The second kappa shape index (κ2) is 7.01. The molecule has 2 aromatic carbocycles. The lowest BCUT2D eigenvalue weighted by Gasteiger charge is -2.20. The van der Waals surface area contributed by atoms with Gasteiger partial charge in [-0.2, -0.15) is 0 Å². The largest absolute Gasteiger partial charge is 0.306 e. The zero-order chi connectivity index (χ0) is 15.4. The first-order chi connectivity index (χ1) is 10.0. The van der Waals surface area contributed by atoms with E-state index in [9.17, 15) is 8.78 Å². The maximum atomic E-state index is 14.2. The first-order valence-corrected chi connectivity index (χ1v) is 7.35. The molecule has 0 amide bonds. The van der Waals surface area contributed by atoms with Crippen molar-refractivity contribution >= 4 is 11.6 Å². The van der Waals surface area contributed by atoms with E-state index in [0.29, 0.717) is 28.3 Å². The van der Waals surface area contributed by atoms with Crippen molar-refractivity contribution in [3.8, 4) is 0 Å². The Labute approximate surface area is 128 Å². The van der Waals surface area contributed by atoms with Gasteiger partial charge in [-0.25, -0.2) is 8.78 Å². The highest BCUT2D eigenvalue weighted by atomic mass is 35.5. The smallest absolute Gasteiger partial charge is 0.129 e. The van der Waals surface area contributed by atoms with Crippen molar-refractivity contribution in [1.82, 2.24) is 5.32 Å². The van der Waals surface area contributed by atoms with Crippen LogP contribution >= 0.6 is 11.6 Å². The molecule has 2 rings (SSSR count). The van der Waals surface area contributed by atoms with Crippen LogP contribution in [0, 0.1) is 18.6 Å². The van der Waals surface area contributed by atoms with Gasteiger partial charge in [0.15, 0.2) is 0 Å². The first kappa shape index (κ1) is 15.9. The molecule has 0 spiro atoms. The van der Waals surface area contributed by atoms with Crippen molar-refractivity contribution in [3.63, 3.8) is 0 Å². The molecule has 0 aliphatic heterocycles. The molecule has 0 aromatic heterocycles. The van der Waals surface area contributed by atoms with Crippen LogP contribution in [0.4, 0.5) is 8.78 Å². The molecule has 1 atom stereocenters. The fourth-order valence-electron chi connectivity index (χ4n) is 2.22. The molecule has 1 nitrogen and oxygen atoms in total. The third-order valence-electron chi connectivity index (χ3n) is 3.40. The summed E-state index contributed by atoms with van der Waals surface area (Å²) in [7, 11) is 0. The molecule has 0 fully saturated rings. The van der Waals surface area contributed by atoms with E-state index in [4.69, 9.17) is 11.6 Å². The van der Waals surface area contributed by atoms with Gasteiger partial charge in [-0.05, 0) is 49.2 Å². The second-order valence-corrected chi connectivity index (χ2v) is 5.50. The lowest BCUT2D eigenvalue weighted by atomic mass is 9.97. The molecule has 0 saturated heterocycles. The number of rotatable bonds is 5. The van der Waals surface area contributed by atoms with Crippen LogP contribution in [0.2, 0.25) is 5.02 Å². The molecular weight excluding hydrogens is 292 g/mol. The SMILES string of the molecule is CCCNC(c1ccc(C)c(F)c1)c1ccc(Cl)cc1F. The molecule has 0 radical (unpaired) electrons. The summed E-state index contributed by atoms with van der Waals surface area (Å²) >= 11 is 5.80. The minimum absolute atomic E-state index is 0.287. The minimum Gasteiger partial charge on any atom is -0.306 e. The Morgan fingerprint density at radius 3 is 2.48 bits per heavy atom. The summed E-state index contributed by atoms with van der Waals surface area (Å²) in [6.07, 6.45) is 0.903. The number of aryl methyl sites for hydroxylation is 1.